The standard InChI is InChI=1S/C24H27F3N2O3S/c1-16(19-5-3-7-21(14-19)24(25,26)27)28-23(30)18-10-12-29(13-11-18)33(31,32)22-9-8-17-4-2-6-20(17)15-22/h3,5,7-9,14-16,18H,2,4,6,10-13H2,1H3,(H,28,30). The van der Waals surface area contributed by atoms with Crippen LogP contribution in [0.5, 0.6) is 0 Å². The predicted molar refractivity (Wildman–Crippen MR) is 118 cm³/mol. The lowest BCUT2D eigenvalue weighted by molar-refractivity contribution is -0.137. The number of carbonyl (C=O) groups is 1. The first-order valence-electron chi connectivity index (χ1n) is 11.1. The lowest BCUT2D eigenvalue weighted by atomic mass is 9.96. The van der Waals surface area contributed by atoms with E-state index in [9.17, 15) is 26.4 Å². The zero-order valence-electron chi connectivity index (χ0n) is 18.4. The molecule has 1 N–H and O–H groups in total. The Bertz CT molecular complexity index is 1140. The number of benzene rings is 2. The van der Waals surface area contributed by atoms with Crippen molar-refractivity contribution in [1.82, 2.24) is 9.62 Å². The Morgan fingerprint density at radius 3 is 2.45 bits per heavy atom. The van der Waals surface area contributed by atoms with Crippen LogP contribution in [0.4, 0.5) is 13.2 Å². The molecule has 1 aliphatic heterocycles. The number of hydrogen-bond acceptors (Lipinski definition) is 3. The predicted octanol–water partition coefficient (Wildman–Crippen LogP) is 4.47. The Balaban J connectivity index is 1.36. The normalized spacial score (nSPS) is 18.7. The van der Waals surface area contributed by atoms with Crippen molar-refractivity contribution >= 4 is 15.9 Å². The molecule has 1 aliphatic carbocycles. The van der Waals surface area contributed by atoms with Crippen LogP contribution in [-0.4, -0.2) is 31.7 Å². The average molecular weight is 481 g/mol. The second-order valence-electron chi connectivity index (χ2n) is 8.82. The van der Waals surface area contributed by atoms with E-state index in [0.717, 1.165) is 37.0 Å². The van der Waals surface area contributed by atoms with Crippen molar-refractivity contribution in [3.63, 3.8) is 0 Å². The molecule has 5 nitrogen and oxygen atoms in total. The van der Waals surface area contributed by atoms with Gasteiger partial charge in [-0.3, -0.25) is 4.79 Å². The maximum Gasteiger partial charge on any atom is 0.416 e. The van der Waals surface area contributed by atoms with Gasteiger partial charge in [0.15, 0.2) is 0 Å². The van der Waals surface area contributed by atoms with Crippen LogP contribution in [0.1, 0.15) is 54.5 Å². The molecule has 2 aliphatic rings. The SMILES string of the molecule is CC(NC(=O)C1CCN(S(=O)(=O)c2ccc3c(c2)CCC3)CC1)c1cccc(C(F)(F)F)c1. The highest BCUT2D eigenvalue weighted by Crippen LogP contribution is 2.31. The van der Waals surface area contributed by atoms with Crippen LogP contribution in [0.25, 0.3) is 0 Å². The number of nitrogens with zero attached hydrogens (tertiary/aromatic N) is 1. The zero-order chi connectivity index (χ0) is 23.8. The first-order valence-corrected chi connectivity index (χ1v) is 12.6. The second-order valence-corrected chi connectivity index (χ2v) is 10.8. The highest BCUT2D eigenvalue weighted by atomic mass is 32.2. The molecule has 1 unspecified atom stereocenters. The fourth-order valence-electron chi connectivity index (χ4n) is 4.61. The molecule has 0 spiro atoms. The Morgan fingerprint density at radius 2 is 1.76 bits per heavy atom. The van der Waals surface area contributed by atoms with Crippen molar-refractivity contribution in [3.05, 3.63) is 64.7 Å². The molecule has 0 saturated carbocycles. The molecule has 0 aromatic heterocycles. The first kappa shape index (κ1) is 23.8. The molecule has 1 heterocycles. The zero-order valence-corrected chi connectivity index (χ0v) is 19.2. The van der Waals surface area contributed by atoms with Crippen molar-refractivity contribution in [2.75, 3.05) is 13.1 Å². The summed E-state index contributed by atoms with van der Waals surface area (Å²) in [5.74, 6) is -0.654. The van der Waals surface area contributed by atoms with Gasteiger partial charge < -0.3 is 5.32 Å². The van der Waals surface area contributed by atoms with E-state index in [-0.39, 0.29) is 24.9 Å². The van der Waals surface area contributed by atoms with Crippen LogP contribution >= 0.6 is 0 Å². The molecule has 1 saturated heterocycles. The summed E-state index contributed by atoms with van der Waals surface area (Å²) in [5, 5.41) is 2.78. The Morgan fingerprint density at radius 1 is 1.06 bits per heavy atom. The van der Waals surface area contributed by atoms with Gasteiger partial charge in [-0.05, 0) is 80.0 Å². The number of aryl methyl sites for hydroxylation is 2. The summed E-state index contributed by atoms with van der Waals surface area (Å²) in [5.41, 5.74) is 1.91. The Kier molecular flexibility index (Phi) is 6.55. The van der Waals surface area contributed by atoms with Gasteiger partial charge in [-0.1, -0.05) is 18.2 Å². The number of alkyl halides is 3. The van der Waals surface area contributed by atoms with Gasteiger partial charge in [0, 0.05) is 19.0 Å². The molecule has 2 aromatic carbocycles. The Hall–Kier alpha value is -2.39. The minimum Gasteiger partial charge on any atom is -0.349 e. The fourth-order valence-corrected chi connectivity index (χ4v) is 6.14. The topological polar surface area (TPSA) is 66.5 Å². The van der Waals surface area contributed by atoms with E-state index in [2.05, 4.69) is 5.32 Å². The molecule has 2 aromatic rings. The maximum atomic E-state index is 13.1. The molecule has 4 rings (SSSR count). The minimum atomic E-state index is -4.45. The monoisotopic (exact) mass is 480 g/mol. The van der Waals surface area contributed by atoms with Crippen LogP contribution in [0, 0.1) is 5.92 Å². The van der Waals surface area contributed by atoms with Crippen molar-refractivity contribution in [3.8, 4) is 0 Å². The highest BCUT2D eigenvalue weighted by Gasteiger charge is 2.34. The van der Waals surface area contributed by atoms with Gasteiger partial charge in [-0.2, -0.15) is 17.5 Å². The smallest absolute Gasteiger partial charge is 0.349 e. The molecule has 1 amide bonds. The number of amides is 1. The average Bonchev–Trinajstić information content (AvgIpc) is 3.26. The van der Waals surface area contributed by atoms with E-state index in [1.807, 2.05) is 6.07 Å². The molecular formula is C24H27F3N2O3S. The van der Waals surface area contributed by atoms with E-state index in [1.165, 1.54) is 15.9 Å². The summed E-state index contributed by atoms with van der Waals surface area (Å²) >= 11 is 0. The van der Waals surface area contributed by atoms with E-state index in [1.54, 1.807) is 25.1 Å². The van der Waals surface area contributed by atoms with Crippen LogP contribution in [0.15, 0.2) is 47.4 Å². The number of halogens is 3. The summed E-state index contributed by atoms with van der Waals surface area (Å²) in [6, 6.07) is 9.64. The van der Waals surface area contributed by atoms with E-state index < -0.39 is 27.8 Å². The number of hydrogen-bond donors (Lipinski definition) is 1. The molecule has 0 bridgehead atoms. The summed E-state index contributed by atoms with van der Waals surface area (Å²) < 4.78 is 66.5. The number of piperidine rings is 1. The third kappa shape index (κ3) is 5.09. The number of sulfonamides is 1. The van der Waals surface area contributed by atoms with E-state index in [0.29, 0.717) is 23.3 Å². The summed E-state index contributed by atoms with van der Waals surface area (Å²) in [7, 11) is -3.62. The van der Waals surface area contributed by atoms with Gasteiger partial charge in [0.2, 0.25) is 15.9 Å². The van der Waals surface area contributed by atoms with Gasteiger partial charge in [-0.15, -0.1) is 0 Å². The number of carbonyl (C=O) groups excluding carboxylic acids is 1. The lowest BCUT2D eigenvalue weighted by Gasteiger charge is -2.31. The van der Waals surface area contributed by atoms with Gasteiger partial charge in [0.25, 0.3) is 0 Å². The van der Waals surface area contributed by atoms with Gasteiger partial charge in [0.05, 0.1) is 16.5 Å². The van der Waals surface area contributed by atoms with Crippen molar-refractivity contribution < 1.29 is 26.4 Å². The quantitative estimate of drug-likeness (QED) is 0.687. The van der Waals surface area contributed by atoms with Crippen molar-refractivity contribution in [1.29, 1.82) is 0 Å². The second kappa shape index (κ2) is 9.10. The third-order valence-corrected chi connectivity index (χ3v) is 8.50. The lowest BCUT2D eigenvalue weighted by Crippen LogP contribution is -2.43. The molecule has 0 radical (unpaired) electrons. The Labute approximate surface area is 192 Å². The third-order valence-electron chi connectivity index (χ3n) is 6.61. The number of rotatable bonds is 5. The van der Waals surface area contributed by atoms with Crippen molar-refractivity contribution in [2.45, 2.75) is 56.1 Å². The largest absolute Gasteiger partial charge is 0.416 e. The van der Waals surface area contributed by atoms with Gasteiger partial charge >= 0.3 is 6.18 Å². The fraction of sp³-hybridized carbons (Fsp3) is 0.458. The van der Waals surface area contributed by atoms with E-state index >= 15 is 0 Å². The molecule has 1 atom stereocenters. The van der Waals surface area contributed by atoms with Crippen molar-refractivity contribution in [2.24, 2.45) is 5.92 Å². The van der Waals surface area contributed by atoms with Crippen LogP contribution in [-0.2, 0) is 33.8 Å². The van der Waals surface area contributed by atoms with E-state index in [4.69, 9.17) is 0 Å². The van der Waals surface area contributed by atoms with Gasteiger partial charge in [0.1, 0.15) is 0 Å². The summed E-state index contributed by atoms with van der Waals surface area (Å²) in [6.07, 6.45) is -0.800. The number of nitrogens with one attached hydrogen (secondary N) is 1. The molecule has 33 heavy (non-hydrogen) atoms. The molecule has 1 fully saturated rings. The van der Waals surface area contributed by atoms with Crippen LogP contribution in [0.2, 0.25) is 0 Å². The minimum absolute atomic E-state index is 0.232. The summed E-state index contributed by atoms with van der Waals surface area (Å²) in [4.78, 5) is 13.0. The highest BCUT2D eigenvalue weighted by molar-refractivity contribution is 7.89. The van der Waals surface area contributed by atoms with Crippen LogP contribution in [0.3, 0.4) is 0 Å². The van der Waals surface area contributed by atoms with Crippen LogP contribution < -0.4 is 5.32 Å². The van der Waals surface area contributed by atoms with Gasteiger partial charge in [-0.25, -0.2) is 8.42 Å². The summed E-state index contributed by atoms with van der Waals surface area (Å²) in [6.45, 7) is 2.10. The molecule has 178 valence electrons. The molecule has 9 heteroatoms. The first-order chi connectivity index (χ1) is 15.6. The molecular weight excluding hydrogens is 453 g/mol. The maximum absolute atomic E-state index is 13.1. The number of fused-ring (bicyclic) bond motifs is 1.